The third kappa shape index (κ3) is 5.87. The molecule has 1 aromatic rings. The Morgan fingerprint density at radius 2 is 1.78 bits per heavy atom. The summed E-state index contributed by atoms with van der Waals surface area (Å²) in [6.07, 6.45) is 3.09. The highest BCUT2D eigenvalue weighted by atomic mass is 35.5. The molecular formula is C14H21ClO2S. The van der Waals surface area contributed by atoms with E-state index in [-0.39, 0.29) is 5.38 Å². The predicted molar refractivity (Wildman–Crippen MR) is 77.8 cm³/mol. The van der Waals surface area contributed by atoms with Crippen LogP contribution in [0.3, 0.4) is 0 Å². The van der Waals surface area contributed by atoms with Gasteiger partial charge in [0.25, 0.3) is 0 Å². The molecule has 0 aliphatic heterocycles. The van der Waals surface area contributed by atoms with Gasteiger partial charge < -0.3 is 0 Å². The number of hydrogen-bond donors (Lipinski definition) is 0. The fourth-order valence-corrected chi connectivity index (χ4v) is 3.66. The first-order valence-corrected chi connectivity index (χ1v) is 8.70. The number of alkyl halides is 1. The minimum atomic E-state index is -2.84. The molecule has 0 radical (unpaired) electrons. The van der Waals surface area contributed by atoms with Crippen LogP contribution in [0.25, 0.3) is 0 Å². The molecule has 0 aromatic heterocycles. The maximum Gasteiger partial charge on any atom is 0.150 e. The van der Waals surface area contributed by atoms with Crippen LogP contribution in [-0.4, -0.2) is 19.9 Å². The maximum absolute atomic E-state index is 11.5. The Bertz CT molecular complexity index is 428. The molecule has 0 saturated carbocycles. The smallest absolute Gasteiger partial charge is 0.150 e. The molecule has 1 aromatic carbocycles. The van der Waals surface area contributed by atoms with Crippen LogP contribution in [0.1, 0.15) is 43.5 Å². The third-order valence-electron chi connectivity index (χ3n) is 2.84. The second-order valence-corrected chi connectivity index (χ2v) is 7.36. The zero-order valence-corrected chi connectivity index (χ0v) is 12.4. The molecule has 0 N–H and O–H groups in total. The van der Waals surface area contributed by atoms with Gasteiger partial charge in [-0.2, -0.15) is 0 Å². The zero-order valence-electron chi connectivity index (χ0n) is 10.8. The Hall–Kier alpha value is -0.540. The molecule has 0 aliphatic carbocycles. The van der Waals surface area contributed by atoms with Gasteiger partial charge in [-0.1, -0.05) is 43.7 Å². The van der Waals surface area contributed by atoms with Crippen LogP contribution in [0.5, 0.6) is 0 Å². The van der Waals surface area contributed by atoms with Gasteiger partial charge in [0, 0.05) is 5.75 Å². The Morgan fingerprint density at radius 3 is 2.39 bits per heavy atom. The average molecular weight is 289 g/mol. The van der Waals surface area contributed by atoms with Gasteiger partial charge in [0.1, 0.15) is 9.84 Å². The number of benzene rings is 1. The lowest BCUT2D eigenvalue weighted by Gasteiger charge is -2.09. The summed E-state index contributed by atoms with van der Waals surface area (Å²) in [6.45, 7) is 1.89. The molecule has 18 heavy (non-hydrogen) atoms. The van der Waals surface area contributed by atoms with E-state index < -0.39 is 9.84 Å². The second kappa shape index (κ2) is 7.80. The zero-order chi connectivity index (χ0) is 13.4. The summed E-state index contributed by atoms with van der Waals surface area (Å²) in [4.78, 5) is 0. The van der Waals surface area contributed by atoms with Crippen molar-refractivity contribution in [1.82, 2.24) is 0 Å². The summed E-state index contributed by atoms with van der Waals surface area (Å²) in [5, 5.41) is -0.0138. The molecule has 1 rings (SSSR count). The van der Waals surface area contributed by atoms with Crippen molar-refractivity contribution in [1.29, 1.82) is 0 Å². The lowest BCUT2D eigenvalue weighted by atomic mass is 10.1. The van der Waals surface area contributed by atoms with E-state index in [1.54, 1.807) is 0 Å². The standard InChI is InChI=1S/C14H21ClO2S/c1-2-11-18(16,17)12-7-6-10-14(15)13-8-4-3-5-9-13/h3-5,8-9,14H,2,6-7,10-12H2,1H3. The van der Waals surface area contributed by atoms with Crippen LogP contribution < -0.4 is 0 Å². The average Bonchev–Trinajstić information content (AvgIpc) is 2.35. The molecule has 0 saturated heterocycles. The van der Waals surface area contributed by atoms with E-state index in [0.717, 1.165) is 18.4 Å². The topological polar surface area (TPSA) is 34.1 Å². The largest absolute Gasteiger partial charge is 0.229 e. The monoisotopic (exact) mass is 288 g/mol. The highest BCUT2D eigenvalue weighted by Gasteiger charge is 2.10. The number of hydrogen-bond acceptors (Lipinski definition) is 2. The summed E-state index contributed by atoms with van der Waals surface area (Å²) in [5.41, 5.74) is 1.11. The minimum Gasteiger partial charge on any atom is -0.229 e. The van der Waals surface area contributed by atoms with E-state index in [1.807, 2.05) is 37.3 Å². The van der Waals surface area contributed by atoms with Gasteiger partial charge in [0.2, 0.25) is 0 Å². The van der Waals surface area contributed by atoms with Crippen LogP contribution in [0.4, 0.5) is 0 Å². The number of unbranched alkanes of at least 4 members (excludes halogenated alkanes) is 1. The van der Waals surface area contributed by atoms with Gasteiger partial charge in [0.15, 0.2) is 0 Å². The Labute approximate surface area is 115 Å². The van der Waals surface area contributed by atoms with E-state index in [9.17, 15) is 8.42 Å². The van der Waals surface area contributed by atoms with Gasteiger partial charge in [0.05, 0.1) is 11.1 Å². The van der Waals surface area contributed by atoms with Crippen molar-refractivity contribution >= 4 is 21.4 Å². The van der Waals surface area contributed by atoms with Gasteiger partial charge in [-0.25, -0.2) is 8.42 Å². The summed E-state index contributed by atoms with van der Waals surface area (Å²) < 4.78 is 23.0. The first kappa shape index (κ1) is 15.5. The first-order valence-electron chi connectivity index (χ1n) is 6.44. The van der Waals surface area contributed by atoms with Crippen molar-refractivity contribution in [2.45, 2.75) is 38.0 Å². The lowest BCUT2D eigenvalue weighted by molar-refractivity contribution is 0.587. The lowest BCUT2D eigenvalue weighted by Crippen LogP contribution is -2.10. The molecule has 1 unspecified atom stereocenters. The van der Waals surface area contributed by atoms with Crippen molar-refractivity contribution < 1.29 is 8.42 Å². The molecular weight excluding hydrogens is 268 g/mol. The van der Waals surface area contributed by atoms with Crippen LogP contribution >= 0.6 is 11.6 Å². The number of sulfone groups is 1. The van der Waals surface area contributed by atoms with Crippen LogP contribution in [0.15, 0.2) is 30.3 Å². The molecule has 4 heteroatoms. The van der Waals surface area contributed by atoms with Gasteiger partial charge in [-0.3, -0.25) is 0 Å². The van der Waals surface area contributed by atoms with E-state index in [1.165, 1.54) is 0 Å². The summed E-state index contributed by atoms with van der Waals surface area (Å²) in [5.74, 6) is 0.592. The van der Waals surface area contributed by atoms with Crippen LogP contribution in [0.2, 0.25) is 0 Å². The molecule has 102 valence electrons. The molecule has 0 spiro atoms. The van der Waals surface area contributed by atoms with E-state index in [2.05, 4.69) is 0 Å². The fraction of sp³-hybridized carbons (Fsp3) is 0.571. The Morgan fingerprint density at radius 1 is 1.11 bits per heavy atom. The first-order chi connectivity index (χ1) is 8.55. The molecule has 0 aliphatic rings. The Kier molecular flexibility index (Phi) is 6.72. The maximum atomic E-state index is 11.5. The van der Waals surface area contributed by atoms with E-state index >= 15 is 0 Å². The van der Waals surface area contributed by atoms with Crippen LogP contribution in [0, 0.1) is 0 Å². The SMILES string of the molecule is CCCS(=O)(=O)CCCCC(Cl)c1ccccc1. The molecule has 0 fully saturated rings. The molecule has 0 heterocycles. The van der Waals surface area contributed by atoms with Gasteiger partial charge in [-0.15, -0.1) is 11.6 Å². The molecule has 0 amide bonds. The van der Waals surface area contributed by atoms with Gasteiger partial charge in [-0.05, 0) is 24.8 Å². The van der Waals surface area contributed by atoms with Crippen molar-refractivity contribution in [3.63, 3.8) is 0 Å². The van der Waals surface area contributed by atoms with Crippen molar-refractivity contribution in [3.8, 4) is 0 Å². The van der Waals surface area contributed by atoms with Crippen molar-refractivity contribution in [2.24, 2.45) is 0 Å². The quantitative estimate of drug-likeness (QED) is 0.536. The minimum absolute atomic E-state index is 0.0138. The van der Waals surface area contributed by atoms with Crippen molar-refractivity contribution in [3.05, 3.63) is 35.9 Å². The Balaban J connectivity index is 2.27. The summed E-state index contributed by atoms with van der Waals surface area (Å²) in [7, 11) is -2.84. The molecule has 1 atom stereocenters. The van der Waals surface area contributed by atoms with Crippen molar-refractivity contribution in [2.75, 3.05) is 11.5 Å². The molecule has 2 nitrogen and oxygen atoms in total. The van der Waals surface area contributed by atoms with E-state index in [0.29, 0.717) is 24.3 Å². The number of rotatable bonds is 8. The highest BCUT2D eigenvalue weighted by molar-refractivity contribution is 7.91. The molecule has 0 bridgehead atoms. The summed E-state index contributed by atoms with van der Waals surface area (Å²) in [6, 6.07) is 9.91. The van der Waals surface area contributed by atoms with E-state index in [4.69, 9.17) is 11.6 Å². The second-order valence-electron chi connectivity index (χ2n) is 4.53. The third-order valence-corrected chi connectivity index (χ3v) is 5.25. The predicted octanol–water partition coefficient (Wildman–Crippen LogP) is 3.96. The van der Waals surface area contributed by atoms with Gasteiger partial charge >= 0.3 is 0 Å². The van der Waals surface area contributed by atoms with Crippen LogP contribution in [-0.2, 0) is 9.84 Å². The summed E-state index contributed by atoms with van der Waals surface area (Å²) >= 11 is 6.27. The fourth-order valence-electron chi connectivity index (χ4n) is 1.89. The normalized spacial score (nSPS) is 13.4. The number of halogens is 1. The highest BCUT2D eigenvalue weighted by Crippen LogP contribution is 2.25.